The molecule has 1 aliphatic heterocycles. The topological polar surface area (TPSA) is 66.1 Å². The summed E-state index contributed by atoms with van der Waals surface area (Å²) in [6.07, 6.45) is 4.48. The average Bonchev–Trinajstić information content (AvgIpc) is 2.66. The zero-order valence-corrected chi connectivity index (χ0v) is 15.5. The fourth-order valence-electron chi connectivity index (χ4n) is 3.51. The van der Waals surface area contributed by atoms with Crippen molar-refractivity contribution in [1.82, 2.24) is 15.1 Å². The van der Waals surface area contributed by atoms with Gasteiger partial charge in [-0.1, -0.05) is 18.6 Å². The van der Waals surface area contributed by atoms with Crippen molar-refractivity contribution in [2.75, 3.05) is 27.2 Å². The summed E-state index contributed by atoms with van der Waals surface area (Å²) in [4.78, 5) is 4.40. The maximum atomic E-state index is 13.1. The van der Waals surface area contributed by atoms with Crippen molar-refractivity contribution in [1.29, 1.82) is 10.5 Å². The summed E-state index contributed by atoms with van der Waals surface area (Å²) in [6, 6.07) is 11.0. The van der Waals surface area contributed by atoms with Gasteiger partial charge >= 0.3 is 0 Å². The molecule has 1 aromatic carbocycles. The summed E-state index contributed by atoms with van der Waals surface area (Å²) in [5, 5.41) is 21.1. The molecule has 1 aliphatic rings. The minimum atomic E-state index is -0.206. The Hall–Kier alpha value is -2.57. The molecule has 1 heterocycles. The lowest BCUT2D eigenvalue weighted by Crippen LogP contribution is -2.41. The molecule has 2 rings (SSSR count). The van der Waals surface area contributed by atoms with Crippen LogP contribution in [0.25, 0.3) is 0 Å². The molecule has 1 fully saturated rings. The van der Waals surface area contributed by atoms with E-state index in [0.717, 1.165) is 38.0 Å². The number of allylic oxidation sites excluding steroid dienone is 1. The first kappa shape index (κ1) is 19.8. The fraction of sp³-hybridized carbons (Fsp3) is 0.500. The molecule has 0 aliphatic carbocycles. The third kappa shape index (κ3) is 5.21. The van der Waals surface area contributed by atoms with Crippen LogP contribution in [0.15, 0.2) is 35.7 Å². The third-order valence-electron chi connectivity index (χ3n) is 4.92. The molecular weight excluding hydrogens is 329 g/mol. The van der Waals surface area contributed by atoms with E-state index in [1.54, 1.807) is 7.05 Å². The second-order valence-electron chi connectivity index (χ2n) is 6.65. The molecule has 1 unspecified atom stereocenters. The molecule has 1 N–H and O–H groups in total. The summed E-state index contributed by atoms with van der Waals surface area (Å²) in [7, 11) is 3.62. The second-order valence-corrected chi connectivity index (χ2v) is 6.65. The van der Waals surface area contributed by atoms with E-state index in [2.05, 4.69) is 10.2 Å². The molecule has 1 aromatic rings. The van der Waals surface area contributed by atoms with Gasteiger partial charge < -0.3 is 10.2 Å². The Bertz CT molecular complexity index is 682. The van der Waals surface area contributed by atoms with Crippen molar-refractivity contribution in [3.05, 3.63) is 47.0 Å². The van der Waals surface area contributed by atoms with E-state index in [1.807, 2.05) is 36.2 Å². The van der Waals surface area contributed by atoms with Crippen LogP contribution in [0.1, 0.15) is 31.2 Å². The van der Waals surface area contributed by atoms with Crippen molar-refractivity contribution in [3.63, 3.8) is 0 Å². The molecule has 0 saturated carbocycles. The van der Waals surface area contributed by atoms with Crippen LogP contribution in [0, 0.1) is 28.5 Å². The number of nitrogens with zero attached hydrogens (tertiary/aromatic N) is 4. The van der Waals surface area contributed by atoms with Crippen LogP contribution >= 0.6 is 0 Å². The Balaban J connectivity index is 1.99. The smallest absolute Gasteiger partial charge is 0.169 e. The molecule has 0 radical (unpaired) electrons. The molecule has 0 bridgehead atoms. The van der Waals surface area contributed by atoms with E-state index in [4.69, 9.17) is 10.5 Å². The minimum Gasteiger partial charge on any atom is -0.373 e. The summed E-state index contributed by atoms with van der Waals surface area (Å²) in [5.74, 6) is 0.360. The molecule has 5 nitrogen and oxygen atoms in total. The van der Waals surface area contributed by atoms with Gasteiger partial charge in [0.15, 0.2) is 5.57 Å². The maximum absolute atomic E-state index is 13.1. The number of piperidine rings is 1. The molecular formula is C20H26FN5. The van der Waals surface area contributed by atoms with Gasteiger partial charge in [-0.05, 0) is 43.5 Å². The summed E-state index contributed by atoms with van der Waals surface area (Å²) >= 11 is 0. The van der Waals surface area contributed by atoms with Crippen LogP contribution in [0.3, 0.4) is 0 Å². The lowest BCUT2D eigenvalue weighted by Gasteiger charge is -2.37. The quantitative estimate of drug-likeness (QED) is 0.762. The average molecular weight is 355 g/mol. The molecule has 1 atom stereocenters. The predicted octanol–water partition coefficient (Wildman–Crippen LogP) is 2.98. The van der Waals surface area contributed by atoms with E-state index in [9.17, 15) is 4.39 Å². The van der Waals surface area contributed by atoms with Crippen LogP contribution in [0.5, 0.6) is 0 Å². The number of nitrogens with one attached hydrogen (secondary N) is 1. The first-order valence-corrected chi connectivity index (χ1v) is 9.01. The highest BCUT2D eigenvalue weighted by Crippen LogP contribution is 2.23. The summed E-state index contributed by atoms with van der Waals surface area (Å²) < 4.78 is 13.1. The van der Waals surface area contributed by atoms with Crippen LogP contribution < -0.4 is 5.32 Å². The Morgan fingerprint density at radius 3 is 2.58 bits per heavy atom. The summed E-state index contributed by atoms with van der Waals surface area (Å²) in [5.41, 5.74) is 1.22. The van der Waals surface area contributed by atoms with E-state index >= 15 is 0 Å². The van der Waals surface area contributed by atoms with Gasteiger partial charge in [-0.15, -0.1) is 0 Å². The van der Waals surface area contributed by atoms with Crippen molar-refractivity contribution in [2.24, 2.45) is 0 Å². The molecule has 0 amide bonds. The number of hydrogen-bond donors (Lipinski definition) is 1. The standard InChI is InChI=1S/C20H26FN5/c1-24-20(17(13-22)14-23)25(2)12-10-19-5-3-4-11-26(19)15-16-6-8-18(21)9-7-16/h6-9,19,24H,3-5,10-12,15H2,1-2H3. The summed E-state index contributed by atoms with van der Waals surface area (Å²) in [6.45, 7) is 2.63. The lowest BCUT2D eigenvalue weighted by atomic mass is 9.98. The van der Waals surface area contributed by atoms with Gasteiger partial charge in [0.2, 0.25) is 0 Å². The number of benzene rings is 1. The molecule has 6 heteroatoms. The third-order valence-corrected chi connectivity index (χ3v) is 4.92. The zero-order chi connectivity index (χ0) is 18.9. The largest absolute Gasteiger partial charge is 0.373 e. The number of hydrogen-bond acceptors (Lipinski definition) is 5. The van der Waals surface area contributed by atoms with Gasteiger partial charge in [0.25, 0.3) is 0 Å². The first-order chi connectivity index (χ1) is 12.6. The fourth-order valence-corrected chi connectivity index (χ4v) is 3.51. The van der Waals surface area contributed by atoms with Crippen molar-refractivity contribution >= 4 is 0 Å². The Morgan fingerprint density at radius 1 is 1.27 bits per heavy atom. The van der Waals surface area contributed by atoms with Crippen molar-refractivity contribution in [2.45, 2.75) is 38.3 Å². The van der Waals surface area contributed by atoms with Crippen LogP contribution in [-0.4, -0.2) is 43.0 Å². The monoisotopic (exact) mass is 355 g/mol. The van der Waals surface area contributed by atoms with Gasteiger partial charge in [0.05, 0.1) is 0 Å². The van der Waals surface area contributed by atoms with Crippen LogP contribution in [-0.2, 0) is 6.54 Å². The molecule has 138 valence electrons. The van der Waals surface area contributed by atoms with Gasteiger partial charge in [-0.2, -0.15) is 10.5 Å². The number of nitriles is 2. The van der Waals surface area contributed by atoms with Gasteiger partial charge in [-0.3, -0.25) is 4.90 Å². The van der Waals surface area contributed by atoms with Crippen molar-refractivity contribution in [3.8, 4) is 12.1 Å². The van der Waals surface area contributed by atoms with Crippen LogP contribution in [0.2, 0.25) is 0 Å². The first-order valence-electron chi connectivity index (χ1n) is 9.01. The minimum absolute atomic E-state index is 0.0989. The molecule has 1 saturated heterocycles. The van der Waals surface area contributed by atoms with Crippen molar-refractivity contribution < 1.29 is 4.39 Å². The SMILES string of the molecule is CNC(=C(C#N)C#N)N(C)CCC1CCCCN1Cc1ccc(F)cc1. The van der Waals surface area contributed by atoms with Gasteiger partial charge in [0.1, 0.15) is 23.8 Å². The number of likely N-dealkylation sites (tertiary alicyclic amines) is 1. The highest BCUT2D eigenvalue weighted by atomic mass is 19.1. The predicted molar refractivity (Wildman–Crippen MR) is 99.0 cm³/mol. The molecule has 0 spiro atoms. The van der Waals surface area contributed by atoms with E-state index in [-0.39, 0.29) is 11.4 Å². The van der Waals surface area contributed by atoms with Crippen LogP contribution in [0.4, 0.5) is 4.39 Å². The Morgan fingerprint density at radius 2 is 1.96 bits per heavy atom. The highest BCUT2D eigenvalue weighted by molar-refractivity contribution is 5.38. The number of halogens is 1. The van der Waals surface area contributed by atoms with E-state index in [1.165, 1.54) is 25.0 Å². The molecule has 0 aromatic heterocycles. The van der Waals surface area contributed by atoms with E-state index in [0.29, 0.717) is 11.9 Å². The highest BCUT2D eigenvalue weighted by Gasteiger charge is 2.23. The normalized spacial score (nSPS) is 17.0. The second kappa shape index (κ2) is 9.79. The zero-order valence-electron chi connectivity index (χ0n) is 15.5. The van der Waals surface area contributed by atoms with Gasteiger partial charge in [-0.25, -0.2) is 4.39 Å². The van der Waals surface area contributed by atoms with E-state index < -0.39 is 0 Å². The lowest BCUT2D eigenvalue weighted by molar-refractivity contribution is 0.124. The number of rotatable bonds is 7. The van der Waals surface area contributed by atoms with Gasteiger partial charge in [0, 0.05) is 33.2 Å². The molecule has 26 heavy (non-hydrogen) atoms. The maximum Gasteiger partial charge on any atom is 0.169 e. The Kier molecular flexibility index (Phi) is 7.44. The Labute approximate surface area is 155 Å².